The molecule has 2 N–H and O–H groups in total. The van der Waals surface area contributed by atoms with Crippen molar-refractivity contribution in [2.24, 2.45) is 5.92 Å². The van der Waals surface area contributed by atoms with E-state index >= 15 is 4.39 Å². The highest BCUT2D eigenvalue weighted by molar-refractivity contribution is 6.38. The molecule has 2 aromatic carbocycles. The number of benzene rings is 2. The summed E-state index contributed by atoms with van der Waals surface area (Å²) in [4.78, 5) is 32.0. The van der Waals surface area contributed by atoms with Crippen molar-refractivity contribution in [3.63, 3.8) is 0 Å². The van der Waals surface area contributed by atoms with Crippen LogP contribution in [0.5, 0.6) is 11.5 Å². The Morgan fingerprint density at radius 2 is 1.69 bits per heavy atom. The number of fused-ring (bicyclic) bond motifs is 1. The molecule has 3 heterocycles. The molecule has 0 saturated carbocycles. The van der Waals surface area contributed by atoms with Gasteiger partial charge in [-0.3, -0.25) is 9.59 Å². The minimum absolute atomic E-state index is 0.0105. The van der Waals surface area contributed by atoms with Crippen LogP contribution >= 0.6 is 0 Å². The molecule has 0 aliphatic carbocycles. The van der Waals surface area contributed by atoms with Gasteiger partial charge in [0.25, 0.3) is 5.91 Å². The number of likely N-dealkylation sites (tertiary alicyclic amines) is 1. The van der Waals surface area contributed by atoms with Gasteiger partial charge in [-0.25, -0.2) is 27.8 Å². The highest BCUT2D eigenvalue weighted by atomic mass is 19.4. The van der Waals surface area contributed by atoms with E-state index in [2.05, 4.69) is 15.1 Å². The fourth-order valence-corrected chi connectivity index (χ4v) is 4.53. The molecule has 42 heavy (non-hydrogen) atoms. The Hall–Kier alpha value is -4.83. The maximum absolute atomic E-state index is 15.3. The topological polar surface area (TPSA) is 116 Å². The summed E-state index contributed by atoms with van der Waals surface area (Å²) in [7, 11) is 0. The zero-order valence-corrected chi connectivity index (χ0v) is 20.9. The molecule has 1 atom stereocenters. The summed E-state index contributed by atoms with van der Waals surface area (Å²) in [5.74, 6) is -14.8. The minimum atomic E-state index is -5.31. The van der Waals surface area contributed by atoms with Gasteiger partial charge in [-0.05, 0) is 24.5 Å². The Morgan fingerprint density at radius 3 is 2.33 bits per heavy atom. The number of anilines is 1. The Bertz CT molecular complexity index is 1720. The number of carbonyl (C=O) groups is 2. The number of hydrogen-bond donors (Lipinski definition) is 1. The van der Waals surface area contributed by atoms with Crippen LogP contribution in [0.15, 0.2) is 30.6 Å². The van der Waals surface area contributed by atoms with Gasteiger partial charge in [0.15, 0.2) is 17.3 Å². The first kappa shape index (κ1) is 28.7. The number of nitrogen functional groups attached to an aromatic ring is 1. The molecule has 0 bridgehead atoms. The van der Waals surface area contributed by atoms with Crippen LogP contribution in [0.4, 0.5) is 40.9 Å². The summed E-state index contributed by atoms with van der Waals surface area (Å²) in [5.41, 5.74) is 5.82. The third kappa shape index (κ3) is 5.16. The molecule has 2 aromatic heterocycles. The second kappa shape index (κ2) is 10.5. The predicted octanol–water partition coefficient (Wildman–Crippen LogP) is 4.54. The second-order valence-corrected chi connectivity index (χ2v) is 9.26. The summed E-state index contributed by atoms with van der Waals surface area (Å²) in [5, 5.41) is 4.43. The van der Waals surface area contributed by atoms with Crippen molar-refractivity contribution < 1.29 is 49.4 Å². The fourth-order valence-electron chi connectivity index (χ4n) is 4.53. The van der Waals surface area contributed by atoms with Crippen molar-refractivity contribution >= 4 is 28.5 Å². The van der Waals surface area contributed by atoms with Gasteiger partial charge < -0.3 is 15.4 Å². The zero-order chi connectivity index (χ0) is 30.5. The van der Waals surface area contributed by atoms with Crippen molar-refractivity contribution in [2.45, 2.75) is 19.1 Å². The van der Waals surface area contributed by atoms with Crippen LogP contribution in [-0.2, 0) is 16.1 Å². The molecule has 0 radical (unpaired) electrons. The summed E-state index contributed by atoms with van der Waals surface area (Å²) in [6.07, 6.45) is -3.99. The van der Waals surface area contributed by atoms with Crippen molar-refractivity contribution in [3.05, 3.63) is 59.7 Å². The molecule has 0 spiro atoms. The van der Waals surface area contributed by atoms with E-state index < -0.39 is 64.4 Å². The van der Waals surface area contributed by atoms with Crippen molar-refractivity contribution in [2.75, 3.05) is 18.8 Å². The molecular formula is C25H16F8N6O3. The van der Waals surface area contributed by atoms with E-state index in [9.17, 15) is 40.3 Å². The third-order valence-electron chi connectivity index (χ3n) is 6.50. The average molecular weight is 600 g/mol. The minimum Gasteiger partial charge on any atom is -0.451 e. The molecule has 1 fully saturated rings. The number of carbonyl (C=O) groups excluding carboxylic acids is 2. The first-order chi connectivity index (χ1) is 19.8. The predicted molar refractivity (Wildman–Crippen MR) is 127 cm³/mol. The van der Waals surface area contributed by atoms with Crippen LogP contribution in [0.2, 0.25) is 0 Å². The quantitative estimate of drug-likeness (QED) is 0.196. The number of rotatable bonds is 6. The fraction of sp³-hybridized carbons (Fsp3) is 0.240. The van der Waals surface area contributed by atoms with Gasteiger partial charge in [0.05, 0.1) is 5.39 Å². The van der Waals surface area contributed by atoms with E-state index in [0.717, 1.165) is 23.4 Å². The summed E-state index contributed by atoms with van der Waals surface area (Å²) in [6.45, 7) is -0.309. The molecule has 1 aliphatic heterocycles. The molecule has 220 valence electrons. The lowest BCUT2D eigenvalue weighted by atomic mass is 10.1. The Morgan fingerprint density at radius 1 is 1.00 bits per heavy atom. The average Bonchev–Trinajstić information content (AvgIpc) is 3.54. The molecule has 1 unspecified atom stereocenters. The Balaban J connectivity index is 1.43. The highest BCUT2D eigenvalue weighted by Gasteiger charge is 2.46. The summed E-state index contributed by atoms with van der Waals surface area (Å²) < 4.78 is 114. The van der Waals surface area contributed by atoms with E-state index in [1.54, 1.807) is 0 Å². The van der Waals surface area contributed by atoms with E-state index in [4.69, 9.17) is 10.5 Å². The monoisotopic (exact) mass is 600 g/mol. The number of nitrogens with zero attached hydrogens (tertiary/aromatic N) is 5. The smallest absolute Gasteiger partial charge is 0.451 e. The second-order valence-electron chi connectivity index (χ2n) is 9.26. The number of hydrogen-bond acceptors (Lipinski definition) is 7. The molecule has 5 rings (SSSR count). The van der Waals surface area contributed by atoms with E-state index in [0.29, 0.717) is 6.07 Å². The third-order valence-corrected chi connectivity index (χ3v) is 6.50. The van der Waals surface area contributed by atoms with E-state index in [-0.39, 0.29) is 60.2 Å². The van der Waals surface area contributed by atoms with E-state index in [1.807, 2.05) is 0 Å². The standard InChI is InChI=1S/C25H16F8N6O3/c26-13-5-11(42-20-17(29)14(27)6-15(28)18(20)30)1-2-12(13)19-16-22(34)35-9-36-23(16)39(37-19)8-10-3-4-38(7-10)24(41)21(40)25(31,32)33/h1-2,5-6,9-10H,3-4,7-8H2,(H2,34,35,36). The van der Waals surface area contributed by atoms with Crippen LogP contribution < -0.4 is 10.5 Å². The lowest BCUT2D eigenvalue weighted by Crippen LogP contribution is -2.42. The molecule has 17 heteroatoms. The number of halogens is 8. The molecular weight excluding hydrogens is 584 g/mol. The van der Waals surface area contributed by atoms with Gasteiger partial charge in [-0.15, -0.1) is 0 Å². The van der Waals surface area contributed by atoms with Crippen LogP contribution in [0.1, 0.15) is 6.42 Å². The number of nitrogens with two attached hydrogens (primary N) is 1. The molecule has 1 saturated heterocycles. The van der Waals surface area contributed by atoms with Gasteiger partial charge >= 0.3 is 12.0 Å². The van der Waals surface area contributed by atoms with Crippen molar-refractivity contribution in [3.8, 4) is 22.8 Å². The van der Waals surface area contributed by atoms with Crippen LogP contribution in [0.25, 0.3) is 22.3 Å². The number of aromatic nitrogens is 4. The van der Waals surface area contributed by atoms with E-state index in [1.165, 1.54) is 4.68 Å². The number of alkyl halides is 3. The van der Waals surface area contributed by atoms with Crippen molar-refractivity contribution in [1.82, 2.24) is 24.6 Å². The first-order valence-corrected chi connectivity index (χ1v) is 11.9. The number of Topliss-reactive ketones (excluding diaryl/α,β-unsaturated/α-hetero) is 1. The number of ether oxygens (including phenoxy) is 1. The molecule has 1 aliphatic rings. The maximum Gasteiger partial charge on any atom is 0.460 e. The molecule has 9 nitrogen and oxygen atoms in total. The maximum atomic E-state index is 15.3. The van der Waals surface area contributed by atoms with Crippen LogP contribution in [0, 0.1) is 35.0 Å². The SMILES string of the molecule is Nc1ncnc2c1c(-c1ccc(Oc3c(F)c(F)cc(F)c3F)cc1F)nn2CC1CCN(C(=O)C(=O)C(F)(F)F)C1. The van der Waals surface area contributed by atoms with Gasteiger partial charge in [0, 0.05) is 37.3 Å². The van der Waals surface area contributed by atoms with Crippen LogP contribution in [-0.4, -0.2) is 55.6 Å². The highest BCUT2D eigenvalue weighted by Crippen LogP contribution is 2.36. The Kier molecular flexibility index (Phi) is 7.20. The molecule has 1 amide bonds. The summed E-state index contributed by atoms with van der Waals surface area (Å²) in [6, 6.07) is 2.80. The Labute approximate surface area is 229 Å². The lowest BCUT2D eigenvalue weighted by Gasteiger charge is -2.16. The first-order valence-electron chi connectivity index (χ1n) is 11.9. The van der Waals surface area contributed by atoms with Gasteiger partial charge in [-0.2, -0.15) is 27.1 Å². The van der Waals surface area contributed by atoms with Gasteiger partial charge in [0.2, 0.25) is 17.4 Å². The largest absolute Gasteiger partial charge is 0.460 e. The van der Waals surface area contributed by atoms with Crippen molar-refractivity contribution in [1.29, 1.82) is 0 Å². The summed E-state index contributed by atoms with van der Waals surface area (Å²) >= 11 is 0. The molecule has 4 aromatic rings. The van der Waals surface area contributed by atoms with Gasteiger partial charge in [0.1, 0.15) is 29.4 Å². The number of amides is 1. The lowest BCUT2D eigenvalue weighted by molar-refractivity contribution is -0.178. The zero-order valence-electron chi connectivity index (χ0n) is 20.9. The van der Waals surface area contributed by atoms with Gasteiger partial charge in [-0.1, -0.05) is 0 Å². The van der Waals surface area contributed by atoms with Crippen LogP contribution in [0.3, 0.4) is 0 Å². The normalized spacial score (nSPS) is 15.4. The number of ketones is 1.